The Bertz CT molecular complexity index is 586. The second-order valence-electron chi connectivity index (χ2n) is 5.38. The van der Waals surface area contributed by atoms with Crippen molar-refractivity contribution in [1.82, 2.24) is 9.21 Å². The number of hydrogen-bond acceptors (Lipinski definition) is 4. The molecular formula is C14H23N3O2S. The van der Waals surface area contributed by atoms with E-state index >= 15 is 0 Å². The molecule has 1 aromatic rings. The first-order valence-corrected chi connectivity index (χ1v) is 8.37. The zero-order valence-electron chi connectivity index (χ0n) is 12.3. The van der Waals surface area contributed by atoms with Crippen molar-refractivity contribution in [2.75, 3.05) is 32.4 Å². The Morgan fingerprint density at radius 1 is 1.35 bits per heavy atom. The van der Waals surface area contributed by atoms with Gasteiger partial charge in [-0.05, 0) is 38.1 Å². The van der Waals surface area contributed by atoms with Gasteiger partial charge in [0.25, 0.3) is 0 Å². The molecule has 20 heavy (non-hydrogen) atoms. The number of nitrogens with zero attached hydrogens (tertiary/aromatic N) is 2. The van der Waals surface area contributed by atoms with E-state index < -0.39 is 10.0 Å². The monoisotopic (exact) mass is 297 g/mol. The molecule has 1 aromatic carbocycles. The Balaban J connectivity index is 2.33. The molecule has 2 rings (SSSR count). The number of nitrogen functional groups attached to an aromatic ring is 1. The Morgan fingerprint density at radius 2 is 2.05 bits per heavy atom. The first-order valence-electron chi connectivity index (χ1n) is 6.93. The van der Waals surface area contributed by atoms with E-state index in [0.29, 0.717) is 29.2 Å². The highest BCUT2D eigenvalue weighted by Crippen LogP contribution is 2.25. The summed E-state index contributed by atoms with van der Waals surface area (Å²) in [6.07, 6.45) is 0.943. The standard InChI is InChI=1S/C14H23N3O2S/c1-4-12-10-17(9-8-16(12)3)20(18,19)14-7-5-6-13(15)11(14)2/h5-7,12H,4,8-10,15H2,1-3H3. The molecule has 1 atom stereocenters. The molecule has 0 saturated carbocycles. The van der Waals surface area contributed by atoms with E-state index in [-0.39, 0.29) is 6.04 Å². The molecule has 6 heteroatoms. The van der Waals surface area contributed by atoms with E-state index in [0.717, 1.165) is 13.0 Å². The van der Waals surface area contributed by atoms with Gasteiger partial charge in [-0.3, -0.25) is 0 Å². The van der Waals surface area contributed by atoms with E-state index in [4.69, 9.17) is 5.73 Å². The van der Waals surface area contributed by atoms with Crippen molar-refractivity contribution < 1.29 is 8.42 Å². The number of anilines is 1. The lowest BCUT2D eigenvalue weighted by Gasteiger charge is -2.38. The molecule has 0 spiro atoms. The van der Waals surface area contributed by atoms with E-state index in [2.05, 4.69) is 11.8 Å². The number of sulfonamides is 1. The third-order valence-electron chi connectivity index (χ3n) is 4.15. The maximum atomic E-state index is 12.8. The molecule has 0 aliphatic carbocycles. The lowest BCUT2D eigenvalue weighted by Crippen LogP contribution is -2.52. The second-order valence-corrected chi connectivity index (χ2v) is 7.28. The Hall–Kier alpha value is -1.11. The molecule has 0 amide bonds. The van der Waals surface area contributed by atoms with Crippen LogP contribution in [0.25, 0.3) is 0 Å². The molecule has 5 nitrogen and oxygen atoms in total. The van der Waals surface area contributed by atoms with Crippen molar-refractivity contribution >= 4 is 15.7 Å². The van der Waals surface area contributed by atoms with Crippen molar-refractivity contribution in [3.63, 3.8) is 0 Å². The van der Waals surface area contributed by atoms with Crippen LogP contribution in [-0.2, 0) is 10.0 Å². The topological polar surface area (TPSA) is 66.6 Å². The first kappa shape index (κ1) is 15.3. The quantitative estimate of drug-likeness (QED) is 0.854. The highest BCUT2D eigenvalue weighted by molar-refractivity contribution is 7.89. The molecule has 0 aromatic heterocycles. The van der Waals surface area contributed by atoms with Gasteiger partial charge in [0.05, 0.1) is 4.90 Å². The third kappa shape index (κ3) is 2.68. The van der Waals surface area contributed by atoms with Gasteiger partial charge in [-0.2, -0.15) is 4.31 Å². The smallest absolute Gasteiger partial charge is 0.243 e. The van der Waals surface area contributed by atoms with Gasteiger partial charge >= 0.3 is 0 Å². The maximum absolute atomic E-state index is 12.8. The van der Waals surface area contributed by atoms with Gasteiger partial charge in [0.2, 0.25) is 10.0 Å². The summed E-state index contributed by atoms with van der Waals surface area (Å²) in [6.45, 7) is 5.69. The van der Waals surface area contributed by atoms with Crippen LogP contribution in [-0.4, -0.2) is 50.3 Å². The molecule has 1 saturated heterocycles. The van der Waals surface area contributed by atoms with Crippen LogP contribution in [0.3, 0.4) is 0 Å². The summed E-state index contributed by atoms with van der Waals surface area (Å²) >= 11 is 0. The fourth-order valence-electron chi connectivity index (χ4n) is 2.63. The fraction of sp³-hybridized carbons (Fsp3) is 0.571. The van der Waals surface area contributed by atoms with Crippen molar-refractivity contribution in [2.45, 2.75) is 31.2 Å². The lowest BCUT2D eigenvalue weighted by molar-refractivity contribution is 0.144. The number of rotatable bonds is 3. The molecule has 1 unspecified atom stereocenters. The van der Waals surface area contributed by atoms with E-state index in [9.17, 15) is 8.42 Å². The number of hydrogen-bond donors (Lipinski definition) is 1. The van der Waals surface area contributed by atoms with E-state index in [1.54, 1.807) is 29.4 Å². The Labute approximate surface area is 121 Å². The van der Waals surface area contributed by atoms with Gasteiger partial charge in [-0.1, -0.05) is 13.0 Å². The largest absolute Gasteiger partial charge is 0.398 e. The number of piperazine rings is 1. The minimum Gasteiger partial charge on any atom is -0.398 e. The van der Waals surface area contributed by atoms with E-state index in [1.165, 1.54) is 0 Å². The van der Waals surface area contributed by atoms with Gasteiger partial charge in [0.1, 0.15) is 0 Å². The normalized spacial score (nSPS) is 22.1. The summed E-state index contributed by atoms with van der Waals surface area (Å²) in [5, 5.41) is 0. The summed E-state index contributed by atoms with van der Waals surface area (Å²) < 4.78 is 27.1. The average Bonchev–Trinajstić information content (AvgIpc) is 2.42. The van der Waals surface area contributed by atoms with Gasteiger partial charge in [0.15, 0.2) is 0 Å². The van der Waals surface area contributed by atoms with Gasteiger partial charge < -0.3 is 10.6 Å². The van der Waals surface area contributed by atoms with Crippen molar-refractivity contribution in [3.05, 3.63) is 23.8 Å². The molecule has 2 N–H and O–H groups in total. The van der Waals surface area contributed by atoms with Crippen LogP contribution >= 0.6 is 0 Å². The summed E-state index contributed by atoms with van der Waals surface area (Å²) in [7, 11) is -1.41. The highest BCUT2D eigenvalue weighted by atomic mass is 32.2. The van der Waals surface area contributed by atoms with Gasteiger partial charge in [0, 0.05) is 31.4 Å². The van der Waals surface area contributed by atoms with Gasteiger partial charge in [-0.15, -0.1) is 0 Å². The summed E-state index contributed by atoms with van der Waals surface area (Å²) in [4.78, 5) is 2.55. The molecule has 1 heterocycles. The summed E-state index contributed by atoms with van der Waals surface area (Å²) in [5.41, 5.74) is 6.99. The minimum absolute atomic E-state index is 0.278. The average molecular weight is 297 g/mol. The number of nitrogens with two attached hydrogens (primary N) is 1. The predicted molar refractivity (Wildman–Crippen MR) is 81.1 cm³/mol. The lowest BCUT2D eigenvalue weighted by atomic mass is 10.1. The minimum atomic E-state index is -3.45. The first-order chi connectivity index (χ1) is 9.37. The van der Waals surface area contributed by atoms with Crippen LogP contribution in [0.1, 0.15) is 18.9 Å². The van der Waals surface area contributed by atoms with Crippen LogP contribution in [0.5, 0.6) is 0 Å². The zero-order chi connectivity index (χ0) is 14.9. The number of likely N-dealkylation sites (N-methyl/N-ethyl adjacent to an activating group) is 1. The molecular weight excluding hydrogens is 274 g/mol. The maximum Gasteiger partial charge on any atom is 0.243 e. The van der Waals surface area contributed by atoms with Crippen molar-refractivity contribution in [3.8, 4) is 0 Å². The van der Waals surface area contributed by atoms with Crippen molar-refractivity contribution in [2.24, 2.45) is 0 Å². The van der Waals surface area contributed by atoms with Crippen LogP contribution in [0.4, 0.5) is 5.69 Å². The third-order valence-corrected chi connectivity index (χ3v) is 6.16. The molecule has 0 radical (unpaired) electrons. The molecule has 1 fully saturated rings. The molecule has 1 aliphatic rings. The number of benzene rings is 1. The summed E-state index contributed by atoms with van der Waals surface area (Å²) in [5.74, 6) is 0. The van der Waals surface area contributed by atoms with E-state index in [1.807, 2.05) is 7.05 Å². The van der Waals surface area contributed by atoms with Crippen LogP contribution in [0.15, 0.2) is 23.1 Å². The molecule has 0 bridgehead atoms. The highest BCUT2D eigenvalue weighted by Gasteiger charge is 2.32. The molecule has 1 aliphatic heterocycles. The SMILES string of the molecule is CCC1CN(S(=O)(=O)c2cccc(N)c2C)CCN1C. The zero-order valence-corrected chi connectivity index (χ0v) is 13.2. The van der Waals surface area contributed by atoms with Crippen LogP contribution in [0.2, 0.25) is 0 Å². The second kappa shape index (κ2) is 5.71. The molecule has 112 valence electrons. The predicted octanol–water partition coefficient (Wildman–Crippen LogP) is 1.29. The fourth-order valence-corrected chi connectivity index (χ4v) is 4.35. The van der Waals surface area contributed by atoms with Crippen LogP contribution < -0.4 is 5.73 Å². The Kier molecular flexibility index (Phi) is 4.36. The van der Waals surface area contributed by atoms with Gasteiger partial charge in [-0.25, -0.2) is 8.42 Å². The summed E-state index contributed by atoms with van der Waals surface area (Å²) in [6, 6.07) is 5.34. The van der Waals surface area contributed by atoms with Crippen molar-refractivity contribution in [1.29, 1.82) is 0 Å². The Morgan fingerprint density at radius 3 is 2.70 bits per heavy atom. The van der Waals surface area contributed by atoms with Crippen LogP contribution in [0, 0.1) is 6.92 Å².